The molecule has 4 aromatic carbocycles. The monoisotopic (exact) mass is 559 g/mol. The van der Waals surface area contributed by atoms with Gasteiger partial charge in [0.2, 0.25) is 5.90 Å². The smallest absolute Gasteiger partial charge is 0.252 e. The van der Waals surface area contributed by atoms with Gasteiger partial charge in [-0.15, -0.1) is 0 Å². The number of aliphatic imine (C=N–C) groups is 1. The number of carbonyl (C=O) groups is 1. The number of aliphatic hydroxyl groups is 1. The maximum atomic E-state index is 14.4. The van der Waals surface area contributed by atoms with Crippen LogP contribution >= 0.6 is 0 Å². The number of fused-ring (bicyclic) bond motifs is 3. The summed E-state index contributed by atoms with van der Waals surface area (Å²) < 4.78 is 11.7. The second-order valence-electron chi connectivity index (χ2n) is 10.3. The molecule has 0 fully saturated rings. The molecule has 0 unspecified atom stereocenters. The number of carbonyl (C=O) groups excluding carboxylic acids is 1. The van der Waals surface area contributed by atoms with Gasteiger partial charge < -0.3 is 19.9 Å². The molecule has 0 radical (unpaired) electrons. The first-order chi connectivity index (χ1) is 20.6. The molecular formula is C33H29N5O4. The molecule has 2 N–H and O–H groups in total. The summed E-state index contributed by atoms with van der Waals surface area (Å²) in [7, 11) is 0. The zero-order chi connectivity index (χ0) is 28.9. The minimum atomic E-state index is -1.31. The summed E-state index contributed by atoms with van der Waals surface area (Å²) in [5.74, 6) is 0.728. The lowest BCUT2D eigenvalue weighted by Gasteiger charge is -2.27. The number of nitrogens with zero attached hydrogens (tertiary/aromatic N) is 4. The standard InChI is InChI=1S/C33H29N5O4/c34-38-37-29-13-6-1-8-23(29)20-33(21-42-31(36-33)22-14-16-24(17-15-22)41-19-7-18-39)32(40)35-30-27-11-4-2-9-25(27)26-10-3-5-12-28(26)30/h1-6,8-17,30,39H,7,18-21H2,(H,35,40)/t33-/m1/s1. The van der Waals surface area contributed by atoms with Crippen LogP contribution < -0.4 is 10.1 Å². The summed E-state index contributed by atoms with van der Waals surface area (Å²) in [4.78, 5) is 22.2. The van der Waals surface area contributed by atoms with Gasteiger partial charge in [-0.2, -0.15) is 0 Å². The van der Waals surface area contributed by atoms with E-state index in [4.69, 9.17) is 25.1 Å². The van der Waals surface area contributed by atoms with Crippen molar-refractivity contribution in [1.82, 2.24) is 5.32 Å². The lowest BCUT2D eigenvalue weighted by atomic mass is 9.89. The van der Waals surface area contributed by atoms with Gasteiger partial charge in [-0.3, -0.25) is 4.79 Å². The predicted octanol–water partition coefficient (Wildman–Crippen LogP) is 6.03. The minimum Gasteiger partial charge on any atom is -0.494 e. The van der Waals surface area contributed by atoms with Crippen molar-refractivity contribution < 1.29 is 19.4 Å². The lowest BCUT2D eigenvalue weighted by Crippen LogP contribution is -2.49. The number of benzene rings is 4. The van der Waals surface area contributed by atoms with E-state index >= 15 is 0 Å². The third-order valence-corrected chi connectivity index (χ3v) is 7.59. The Morgan fingerprint density at radius 2 is 1.67 bits per heavy atom. The second kappa shape index (κ2) is 11.8. The van der Waals surface area contributed by atoms with Gasteiger partial charge in [-0.25, -0.2) is 4.99 Å². The predicted molar refractivity (Wildman–Crippen MR) is 160 cm³/mol. The topological polar surface area (TPSA) is 129 Å². The van der Waals surface area contributed by atoms with Crippen molar-refractivity contribution in [3.63, 3.8) is 0 Å². The van der Waals surface area contributed by atoms with Crippen LogP contribution in [0.5, 0.6) is 5.75 Å². The summed E-state index contributed by atoms with van der Waals surface area (Å²) in [6, 6.07) is 30.3. The molecule has 0 spiro atoms. The first-order valence-electron chi connectivity index (χ1n) is 13.8. The van der Waals surface area contributed by atoms with Crippen LogP contribution in [0.25, 0.3) is 21.6 Å². The van der Waals surface area contributed by atoms with E-state index in [-0.39, 0.29) is 31.6 Å². The van der Waals surface area contributed by atoms with E-state index in [2.05, 4.69) is 27.5 Å². The quantitative estimate of drug-likeness (QED) is 0.106. The summed E-state index contributed by atoms with van der Waals surface area (Å²) in [5, 5.41) is 16.1. The van der Waals surface area contributed by atoms with Crippen molar-refractivity contribution in [2.24, 2.45) is 10.1 Å². The van der Waals surface area contributed by atoms with Gasteiger partial charge in [0.25, 0.3) is 5.91 Å². The van der Waals surface area contributed by atoms with Gasteiger partial charge >= 0.3 is 0 Å². The van der Waals surface area contributed by atoms with Crippen molar-refractivity contribution in [2.45, 2.75) is 24.4 Å². The Hall–Kier alpha value is -5.11. The van der Waals surface area contributed by atoms with Crippen LogP contribution in [0.3, 0.4) is 0 Å². The molecule has 6 rings (SSSR count). The zero-order valence-electron chi connectivity index (χ0n) is 22.8. The first-order valence-corrected chi connectivity index (χ1v) is 13.8. The largest absolute Gasteiger partial charge is 0.494 e. The molecule has 1 heterocycles. The molecule has 4 aromatic rings. The Morgan fingerprint density at radius 1 is 1.00 bits per heavy atom. The Kier molecular flexibility index (Phi) is 7.60. The molecule has 42 heavy (non-hydrogen) atoms. The highest BCUT2D eigenvalue weighted by atomic mass is 16.5. The Labute approximate surface area is 243 Å². The molecule has 0 bridgehead atoms. The van der Waals surface area contributed by atoms with Crippen molar-refractivity contribution in [3.8, 4) is 16.9 Å². The number of ether oxygens (including phenoxy) is 2. The average Bonchev–Trinajstić information content (AvgIpc) is 3.60. The molecular weight excluding hydrogens is 530 g/mol. The second-order valence-corrected chi connectivity index (χ2v) is 10.3. The van der Waals surface area contributed by atoms with E-state index in [0.717, 1.165) is 22.3 Å². The fourth-order valence-corrected chi connectivity index (χ4v) is 5.53. The molecule has 1 amide bonds. The van der Waals surface area contributed by atoms with Crippen LogP contribution in [0.1, 0.15) is 34.7 Å². The fraction of sp³-hybridized carbons (Fsp3) is 0.212. The number of amides is 1. The Balaban J connectivity index is 1.35. The van der Waals surface area contributed by atoms with E-state index in [1.807, 2.05) is 72.8 Å². The highest BCUT2D eigenvalue weighted by molar-refractivity contribution is 6.01. The number of nitrogens with one attached hydrogen (secondary N) is 1. The van der Waals surface area contributed by atoms with Crippen LogP contribution in [0.15, 0.2) is 107 Å². The molecule has 9 heteroatoms. The molecule has 1 atom stereocenters. The molecule has 2 aliphatic rings. The highest BCUT2D eigenvalue weighted by Crippen LogP contribution is 2.43. The van der Waals surface area contributed by atoms with Crippen molar-refractivity contribution in [1.29, 1.82) is 0 Å². The molecule has 1 aliphatic heterocycles. The fourth-order valence-electron chi connectivity index (χ4n) is 5.53. The third kappa shape index (κ3) is 5.19. The third-order valence-electron chi connectivity index (χ3n) is 7.59. The summed E-state index contributed by atoms with van der Waals surface area (Å²) in [6.07, 6.45) is 0.721. The minimum absolute atomic E-state index is 0.0174. The maximum Gasteiger partial charge on any atom is 0.252 e. The van der Waals surface area contributed by atoms with Gasteiger partial charge in [-0.05, 0) is 57.6 Å². The number of aliphatic hydroxyl groups excluding tert-OH is 1. The summed E-state index contributed by atoms with van der Waals surface area (Å²) >= 11 is 0. The summed E-state index contributed by atoms with van der Waals surface area (Å²) in [5.41, 5.74) is 13.9. The molecule has 210 valence electrons. The van der Waals surface area contributed by atoms with E-state index in [1.54, 1.807) is 12.1 Å². The molecule has 1 aliphatic carbocycles. The molecule has 0 aromatic heterocycles. The zero-order valence-corrected chi connectivity index (χ0v) is 22.8. The number of hydrogen-bond acceptors (Lipinski definition) is 6. The summed E-state index contributed by atoms with van der Waals surface area (Å²) in [6.45, 7) is 0.492. The molecule has 9 nitrogen and oxygen atoms in total. The number of rotatable bonds is 10. The van der Waals surface area contributed by atoms with Crippen molar-refractivity contribution in [2.75, 3.05) is 19.8 Å². The average molecular weight is 560 g/mol. The van der Waals surface area contributed by atoms with Crippen molar-refractivity contribution >= 4 is 17.5 Å². The van der Waals surface area contributed by atoms with Gasteiger partial charge in [-0.1, -0.05) is 77.9 Å². The van der Waals surface area contributed by atoms with Crippen LogP contribution in [-0.2, 0) is 16.0 Å². The van der Waals surface area contributed by atoms with Gasteiger partial charge in [0.05, 0.1) is 12.6 Å². The SMILES string of the molecule is [N-]=[N+]=Nc1ccccc1C[C@]1(C(=O)NC2c3ccccc3-c3ccccc32)COC(c2ccc(OCCCO)cc2)=N1. The Morgan fingerprint density at radius 3 is 2.36 bits per heavy atom. The van der Waals surface area contributed by atoms with Crippen molar-refractivity contribution in [3.05, 3.63) is 130 Å². The van der Waals surface area contributed by atoms with E-state index < -0.39 is 5.54 Å². The van der Waals surface area contributed by atoms with Gasteiger partial charge in [0, 0.05) is 35.6 Å². The lowest BCUT2D eigenvalue weighted by molar-refractivity contribution is -0.127. The van der Waals surface area contributed by atoms with Crippen LogP contribution in [0.4, 0.5) is 5.69 Å². The van der Waals surface area contributed by atoms with E-state index in [9.17, 15) is 4.79 Å². The first kappa shape index (κ1) is 27.1. The van der Waals surface area contributed by atoms with E-state index in [0.29, 0.717) is 41.5 Å². The molecule has 0 saturated carbocycles. The molecule has 0 saturated heterocycles. The maximum absolute atomic E-state index is 14.4. The highest BCUT2D eigenvalue weighted by Gasteiger charge is 2.46. The van der Waals surface area contributed by atoms with Crippen LogP contribution in [0.2, 0.25) is 0 Å². The van der Waals surface area contributed by atoms with Gasteiger partial charge in [0.15, 0.2) is 5.54 Å². The number of azide groups is 1. The van der Waals surface area contributed by atoms with Crippen LogP contribution in [-0.4, -0.2) is 42.3 Å². The normalized spacial score (nSPS) is 16.9. The van der Waals surface area contributed by atoms with Gasteiger partial charge in [0.1, 0.15) is 12.4 Å². The number of hydrogen-bond donors (Lipinski definition) is 2. The Bertz CT molecular complexity index is 1650. The van der Waals surface area contributed by atoms with E-state index in [1.165, 1.54) is 0 Å². The van der Waals surface area contributed by atoms with Crippen LogP contribution in [0, 0.1) is 0 Å².